The molecule has 1 fully saturated rings. The molecule has 7 nitrogen and oxygen atoms in total. The van der Waals surface area contributed by atoms with Crippen LogP contribution in [0, 0.1) is 6.92 Å². The van der Waals surface area contributed by atoms with Crippen LogP contribution in [0.1, 0.15) is 43.5 Å². The minimum Gasteiger partial charge on any atom is -0.507 e. The number of ketones is 1. The van der Waals surface area contributed by atoms with Crippen LogP contribution in [0.15, 0.2) is 72.3 Å². The van der Waals surface area contributed by atoms with E-state index in [1.807, 2.05) is 45.9 Å². The maximum atomic E-state index is 13.4. The first-order chi connectivity index (χ1) is 17.7. The molecule has 3 aromatic rings. The summed E-state index contributed by atoms with van der Waals surface area (Å²) in [6, 6.07) is 18.4. The molecule has 4 rings (SSSR count). The molecule has 7 heteroatoms. The molecule has 37 heavy (non-hydrogen) atoms. The SMILES string of the molecule is CCOc1ccc(/C(O)=C2\C(=O)C(=O)N(c3ccc(OC)cc3)C2c2cccc(OC(C)C)c2)cc1C. The second-order valence-corrected chi connectivity index (χ2v) is 9.02. The zero-order chi connectivity index (χ0) is 26.7. The van der Waals surface area contributed by atoms with Crippen LogP contribution in [-0.2, 0) is 9.59 Å². The lowest BCUT2D eigenvalue weighted by molar-refractivity contribution is -0.132. The molecule has 0 aliphatic carbocycles. The van der Waals surface area contributed by atoms with Gasteiger partial charge in [-0.2, -0.15) is 0 Å². The number of aryl methyl sites for hydroxylation is 1. The zero-order valence-corrected chi connectivity index (χ0v) is 21.6. The average Bonchev–Trinajstić information content (AvgIpc) is 3.15. The molecular formula is C30H31NO6. The molecule has 1 aliphatic heterocycles. The Hall–Kier alpha value is -4.26. The molecule has 3 aromatic carbocycles. The lowest BCUT2D eigenvalue weighted by Crippen LogP contribution is -2.29. The second kappa shape index (κ2) is 10.8. The first-order valence-corrected chi connectivity index (χ1v) is 12.2. The molecule has 0 bridgehead atoms. The van der Waals surface area contributed by atoms with Gasteiger partial charge >= 0.3 is 0 Å². The Kier molecular flexibility index (Phi) is 7.53. The third-order valence-electron chi connectivity index (χ3n) is 6.09. The molecular weight excluding hydrogens is 470 g/mol. The maximum Gasteiger partial charge on any atom is 0.300 e. The number of hydrogen-bond acceptors (Lipinski definition) is 6. The Balaban J connectivity index is 1.90. The van der Waals surface area contributed by atoms with Crippen molar-refractivity contribution in [2.45, 2.75) is 39.8 Å². The quantitative estimate of drug-likeness (QED) is 0.238. The number of aliphatic hydroxyl groups is 1. The summed E-state index contributed by atoms with van der Waals surface area (Å²) in [4.78, 5) is 28.3. The van der Waals surface area contributed by atoms with E-state index in [1.54, 1.807) is 55.6 Å². The van der Waals surface area contributed by atoms with Gasteiger partial charge in [-0.1, -0.05) is 12.1 Å². The number of amides is 1. The summed E-state index contributed by atoms with van der Waals surface area (Å²) in [5.74, 6) is 0.168. The molecule has 1 unspecified atom stereocenters. The van der Waals surface area contributed by atoms with Gasteiger partial charge in [0.05, 0.1) is 31.4 Å². The average molecular weight is 502 g/mol. The number of methoxy groups -OCH3 is 1. The normalized spacial score (nSPS) is 16.8. The topological polar surface area (TPSA) is 85.3 Å². The molecule has 1 atom stereocenters. The largest absolute Gasteiger partial charge is 0.507 e. The highest BCUT2D eigenvalue weighted by Crippen LogP contribution is 2.43. The fourth-order valence-electron chi connectivity index (χ4n) is 4.46. The van der Waals surface area contributed by atoms with Gasteiger partial charge in [0.25, 0.3) is 11.7 Å². The van der Waals surface area contributed by atoms with E-state index in [2.05, 4.69) is 0 Å². The number of ether oxygens (including phenoxy) is 3. The third-order valence-corrected chi connectivity index (χ3v) is 6.09. The number of Topliss-reactive ketones (excluding diaryl/α,β-unsaturated/α-hetero) is 1. The highest BCUT2D eigenvalue weighted by atomic mass is 16.5. The number of hydrogen-bond donors (Lipinski definition) is 1. The van der Waals surface area contributed by atoms with Crippen molar-refractivity contribution < 1.29 is 28.9 Å². The van der Waals surface area contributed by atoms with E-state index >= 15 is 0 Å². The smallest absolute Gasteiger partial charge is 0.300 e. The first kappa shape index (κ1) is 25.8. The fourth-order valence-corrected chi connectivity index (χ4v) is 4.46. The Bertz CT molecular complexity index is 1340. The van der Waals surface area contributed by atoms with Gasteiger partial charge in [-0.25, -0.2) is 0 Å². The van der Waals surface area contributed by atoms with Crippen molar-refractivity contribution in [2.24, 2.45) is 0 Å². The predicted molar refractivity (Wildman–Crippen MR) is 142 cm³/mol. The van der Waals surface area contributed by atoms with Crippen molar-refractivity contribution in [1.29, 1.82) is 0 Å². The van der Waals surface area contributed by atoms with Crippen molar-refractivity contribution in [3.63, 3.8) is 0 Å². The molecule has 0 saturated carbocycles. The standard InChI is InChI=1S/C30H31NO6/c1-6-36-25-15-10-21(16-19(25)4)28(32)26-27(20-8-7-9-24(17-20)37-18(2)3)31(30(34)29(26)33)22-11-13-23(35-5)14-12-22/h7-18,27,32H,6H2,1-5H3/b28-26+. The Morgan fingerprint density at radius 3 is 2.35 bits per heavy atom. The van der Waals surface area contributed by atoms with Gasteiger partial charge < -0.3 is 19.3 Å². The molecule has 1 amide bonds. The number of nitrogens with zero attached hydrogens (tertiary/aromatic N) is 1. The van der Waals surface area contributed by atoms with Crippen LogP contribution in [-0.4, -0.2) is 36.6 Å². The van der Waals surface area contributed by atoms with Gasteiger partial charge in [-0.05, 0) is 93.4 Å². The number of rotatable bonds is 8. The van der Waals surface area contributed by atoms with Crippen molar-refractivity contribution in [3.05, 3.63) is 89.0 Å². The van der Waals surface area contributed by atoms with Crippen LogP contribution in [0.3, 0.4) is 0 Å². The van der Waals surface area contributed by atoms with Crippen LogP contribution in [0.2, 0.25) is 0 Å². The van der Waals surface area contributed by atoms with Crippen molar-refractivity contribution >= 4 is 23.1 Å². The van der Waals surface area contributed by atoms with Crippen LogP contribution in [0.5, 0.6) is 17.2 Å². The van der Waals surface area contributed by atoms with E-state index < -0.39 is 17.7 Å². The molecule has 0 spiro atoms. The van der Waals surface area contributed by atoms with Crippen LogP contribution in [0.4, 0.5) is 5.69 Å². The molecule has 1 heterocycles. The van der Waals surface area contributed by atoms with Crippen molar-refractivity contribution in [3.8, 4) is 17.2 Å². The van der Waals surface area contributed by atoms with E-state index in [0.29, 0.717) is 40.7 Å². The highest BCUT2D eigenvalue weighted by molar-refractivity contribution is 6.51. The Morgan fingerprint density at radius 2 is 1.73 bits per heavy atom. The van der Waals surface area contributed by atoms with Gasteiger partial charge in [0.1, 0.15) is 23.0 Å². The minimum absolute atomic E-state index is 0.00562. The second-order valence-electron chi connectivity index (χ2n) is 9.02. The van der Waals surface area contributed by atoms with E-state index in [4.69, 9.17) is 14.2 Å². The zero-order valence-electron chi connectivity index (χ0n) is 21.6. The summed E-state index contributed by atoms with van der Waals surface area (Å²) >= 11 is 0. The molecule has 1 saturated heterocycles. The van der Waals surface area contributed by atoms with E-state index in [-0.39, 0.29) is 17.4 Å². The molecule has 192 valence electrons. The van der Waals surface area contributed by atoms with Gasteiger partial charge in [-0.15, -0.1) is 0 Å². The van der Waals surface area contributed by atoms with Gasteiger partial charge in [0, 0.05) is 11.3 Å². The van der Waals surface area contributed by atoms with E-state index in [0.717, 1.165) is 5.56 Å². The predicted octanol–water partition coefficient (Wildman–Crippen LogP) is 5.82. The molecule has 0 aromatic heterocycles. The van der Waals surface area contributed by atoms with Crippen LogP contribution < -0.4 is 19.1 Å². The Morgan fingerprint density at radius 1 is 1.00 bits per heavy atom. The molecule has 0 radical (unpaired) electrons. The van der Waals surface area contributed by atoms with Gasteiger partial charge in [-0.3, -0.25) is 14.5 Å². The molecule has 1 N–H and O–H groups in total. The lowest BCUT2D eigenvalue weighted by Gasteiger charge is -2.26. The highest BCUT2D eigenvalue weighted by Gasteiger charge is 2.47. The van der Waals surface area contributed by atoms with E-state index in [1.165, 1.54) is 4.90 Å². The third kappa shape index (κ3) is 5.16. The number of carbonyl (C=O) groups is 2. The lowest BCUT2D eigenvalue weighted by atomic mass is 9.94. The number of benzene rings is 3. The summed E-state index contributed by atoms with van der Waals surface area (Å²) in [5, 5.41) is 11.4. The van der Waals surface area contributed by atoms with Gasteiger partial charge in [0.2, 0.25) is 0 Å². The van der Waals surface area contributed by atoms with Crippen molar-refractivity contribution in [2.75, 3.05) is 18.6 Å². The number of aliphatic hydroxyl groups excluding tert-OH is 1. The van der Waals surface area contributed by atoms with E-state index in [9.17, 15) is 14.7 Å². The summed E-state index contributed by atoms with van der Waals surface area (Å²) in [7, 11) is 1.56. The summed E-state index contributed by atoms with van der Waals surface area (Å²) in [6.07, 6.45) is -0.0602. The maximum absolute atomic E-state index is 13.4. The Labute approximate surface area is 216 Å². The summed E-state index contributed by atoms with van der Waals surface area (Å²) in [5.41, 5.74) is 2.38. The van der Waals surface area contributed by atoms with Crippen LogP contribution >= 0.6 is 0 Å². The number of anilines is 1. The fraction of sp³-hybridized carbons (Fsp3) is 0.267. The van der Waals surface area contributed by atoms with Crippen molar-refractivity contribution in [1.82, 2.24) is 0 Å². The summed E-state index contributed by atoms with van der Waals surface area (Å²) < 4.78 is 16.7. The first-order valence-electron chi connectivity index (χ1n) is 12.2. The monoisotopic (exact) mass is 501 g/mol. The number of carbonyl (C=O) groups excluding carboxylic acids is 2. The molecule has 1 aliphatic rings. The van der Waals surface area contributed by atoms with Crippen LogP contribution in [0.25, 0.3) is 5.76 Å². The summed E-state index contributed by atoms with van der Waals surface area (Å²) in [6.45, 7) is 8.11. The van der Waals surface area contributed by atoms with Gasteiger partial charge in [0.15, 0.2) is 0 Å². The minimum atomic E-state index is -0.865.